The van der Waals surface area contributed by atoms with E-state index in [9.17, 15) is 9.18 Å². The summed E-state index contributed by atoms with van der Waals surface area (Å²) in [5.41, 5.74) is 0.976. The molecule has 0 saturated carbocycles. The van der Waals surface area contributed by atoms with Crippen LogP contribution in [0.4, 0.5) is 4.39 Å². The van der Waals surface area contributed by atoms with Crippen molar-refractivity contribution in [1.29, 1.82) is 0 Å². The maximum atomic E-state index is 12.7. The third kappa shape index (κ3) is 5.06. The predicted octanol–water partition coefficient (Wildman–Crippen LogP) is 3.94. The summed E-state index contributed by atoms with van der Waals surface area (Å²) in [6.07, 6.45) is 1.91. The molecule has 0 spiro atoms. The minimum absolute atomic E-state index is 0.0324. The average Bonchev–Trinajstić information content (AvgIpc) is 2.84. The van der Waals surface area contributed by atoms with Crippen molar-refractivity contribution in [3.8, 4) is 0 Å². The molecule has 1 heterocycles. The van der Waals surface area contributed by atoms with Gasteiger partial charge in [0.05, 0.1) is 3.79 Å². The lowest BCUT2D eigenvalue weighted by Crippen LogP contribution is -2.25. The first kappa shape index (κ1) is 15.2. The molecule has 2 nitrogen and oxygen atoms in total. The highest BCUT2D eigenvalue weighted by Gasteiger charge is 2.03. The average molecular weight is 356 g/mol. The number of aryl methyl sites for hydroxylation is 1. The highest BCUT2D eigenvalue weighted by atomic mass is 79.9. The van der Waals surface area contributed by atoms with E-state index in [2.05, 4.69) is 27.3 Å². The van der Waals surface area contributed by atoms with Crippen molar-refractivity contribution in [3.05, 3.63) is 56.4 Å². The van der Waals surface area contributed by atoms with Crippen LogP contribution in [0.25, 0.3) is 0 Å². The fourth-order valence-electron chi connectivity index (χ4n) is 1.81. The van der Waals surface area contributed by atoms with E-state index in [4.69, 9.17) is 0 Å². The number of carbonyl (C=O) groups excluding carboxylic acids is 1. The number of benzene rings is 1. The van der Waals surface area contributed by atoms with Gasteiger partial charge in [0.1, 0.15) is 5.82 Å². The Bertz CT molecular complexity index is 568. The summed E-state index contributed by atoms with van der Waals surface area (Å²) in [5, 5.41) is 2.90. The van der Waals surface area contributed by atoms with Gasteiger partial charge in [-0.3, -0.25) is 4.79 Å². The second-order valence-corrected chi connectivity index (χ2v) is 6.98. The van der Waals surface area contributed by atoms with Gasteiger partial charge in [0.2, 0.25) is 5.91 Å². The topological polar surface area (TPSA) is 29.1 Å². The van der Waals surface area contributed by atoms with Crippen LogP contribution >= 0.6 is 27.3 Å². The van der Waals surface area contributed by atoms with Crippen LogP contribution in [0.2, 0.25) is 0 Å². The maximum absolute atomic E-state index is 12.7. The SMILES string of the molecule is O=C(CCc1ccc(F)cc1)NCCc1ccc(Br)s1. The van der Waals surface area contributed by atoms with Crippen LogP contribution in [0.15, 0.2) is 40.2 Å². The molecule has 0 aliphatic heterocycles. The summed E-state index contributed by atoms with van der Waals surface area (Å²) in [5.74, 6) is -0.217. The van der Waals surface area contributed by atoms with Crippen LogP contribution in [0, 0.1) is 5.82 Å². The summed E-state index contributed by atoms with van der Waals surface area (Å²) >= 11 is 5.09. The summed E-state index contributed by atoms with van der Waals surface area (Å²) in [7, 11) is 0. The summed E-state index contributed by atoms with van der Waals surface area (Å²) < 4.78 is 13.8. The number of thiophene rings is 1. The molecule has 0 bridgehead atoms. The van der Waals surface area contributed by atoms with E-state index in [1.165, 1.54) is 17.0 Å². The van der Waals surface area contributed by atoms with Gasteiger partial charge in [0.15, 0.2) is 0 Å². The van der Waals surface area contributed by atoms with E-state index in [-0.39, 0.29) is 11.7 Å². The van der Waals surface area contributed by atoms with Crippen molar-refractivity contribution < 1.29 is 9.18 Å². The van der Waals surface area contributed by atoms with E-state index in [0.717, 1.165) is 15.8 Å². The van der Waals surface area contributed by atoms with Crippen LogP contribution in [-0.2, 0) is 17.6 Å². The smallest absolute Gasteiger partial charge is 0.220 e. The molecule has 0 aliphatic rings. The number of halogens is 2. The van der Waals surface area contributed by atoms with E-state index >= 15 is 0 Å². The highest BCUT2D eigenvalue weighted by molar-refractivity contribution is 9.11. The molecule has 0 aliphatic carbocycles. The van der Waals surface area contributed by atoms with E-state index < -0.39 is 0 Å². The minimum Gasteiger partial charge on any atom is -0.356 e. The number of rotatable bonds is 6. The first-order chi connectivity index (χ1) is 9.63. The Balaban J connectivity index is 1.66. The second kappa shape index (κ2) is 7.55. The van der Waals surface area contributed by atoms with E-state index in [1.807, 2.05) is 6.07 Å². The molecule has 0 fully saturated rings. The van der Waals surface area contributed by atoms with Gasteiger partial charge in [-0.05, 0) is 58.6 Å². The largest absolute Gasteiger partial charge is 0.356 e. The summed E-state index contributed by atoms with van der Waals surface area (Å²) in [4.78, 5) is 12.9. The van der Waals surface area contributed by atoms with Crippen molar-refractivity contribution >= 4 is 33.2 Å². The molecule has 0 saturated heterocycles. The molecule has 5 heteroatoms. The van der Waals surface area contributed by atoms with Crippen LogP contribution in [0.3, 0.4) is 0 Å². The van der Waals surface area contributed by atoms with Gasteiger partial charge in [-0.25, -0.2) is 4.39 Å². The Labute approximate surface area is 130 Å². The van der Waals surface area contributed by atoms with E-state index in [0.29, 0.717) is 19.4 Å². The Morgan fingerprint density at radius 3 is 2.55 bits per heavy atom. The van der Waals surface area contributed by atoms with Crippen molar-refractivity contribution in [1.82, 2.24) is 5.32 Å². The molecule has 2 rings (SSSR count). The van der Waals surface area contributed by atoms with Gasteiger partial charge >= 0.3 is 0 Å². The molecule has 0 atom stereocenters. The minimum atomic E-state index is -0.250. The van der Waals surface area contributed by atoms with Gasteiger partial charge in [-0.1, -0.05) is 12.1 Å². The molecule has 1 aromatic heterocycles. The zero-order valence-electron chi connectivity index (χ0n) is 10.9. The monoisotopic (exact) mass is 355 g/mol. The number of nitrogens with one attached hydrogen (secondary N) is 1. The van der Waals surface area contributed by atoms with Crippen LogP contribution in [0.5, 0.6) is 0 Å². The number of amides is 1. The standard InChI is InChI=1S/C15H15BrFNOS/c16-14-7-6-13(20-14)9-10-18-15(19)8-3-11-1-4-12(17)5-2-11/h1-2,4-7H,3,8-10H2,(H,18,19). The van der Waals surface area contributed by atoms with E-state index in [1.54, 1.807) is 23.5 Å². The van der Waals surface area contributed by atoms with Crippen molar-refractivity contribution in [3.63, 3.8) is 0 Å². The molecule has 106 valence electrons. The lowest BCUT2D eigenvalue weighted by molar-refractivity contribution is -0.121. The predicted molar refractivity (Wildman–Crippen MR) is 83.5 cm³/mol. The number of hydrogen-bond acceptors (Lipinski definition) is 2. The third-order valence-corrected chi connectivity index (χ3v) is 4.56. The van der Waals surface area contributed by atoms with Crippen molar-refractivity contribution in [2.45, 2.75) is 19.3 Å². The normalized spacial score (nSPS) is 10.5. The highest BCUT2D eigenvalue weighted by Crippen LogP contribution is 2.22. The van der Waals surface area contributed by atoms with Gasteiger partial charge in [-0.15, -0.1) is 11.3 Å². The van der Waals surface area contributed by atoms with Crippen LogP contribution in [0.1, 0.15) is 16.9 Å². The Morgan fingerprint density at radius 2 is 1.90 bits per heavy atom. The summed E-state index contributed by atoms with van der Waals surface area (Å²) in [6, 6.07) is 10.3. The molecule has 1 N–H and O–H groups in total. The maximum Gasteiger partial charge on any atom is 0.220 e. The van der Waals surface area contributed by atoms with Gasteiger partial charge in [0, 0.05) is 17.8 Å². The second-order valence-electron chi connectivity index (χ2n) is 4.43. The number of hydrogen-bond donors (Lipinski definition) is 1. The molecular formula is C15H15BrFNOS. The molecule has 1 amide bonds. The Kier molecular flexibility index (Phi) is 5.73. The molecule has 20 heavy (non-hydrogen) atoms. The third-order valence-electron chi connectivity index (χ3n) is 2.88. The molecule has 1 aromatic carbocycles. The fraction of sp³-hybridized carbons (Fsp3) is 0.267. The van der Waals surface area contributed by atoms with Gasteiger partial charge in [-0.2, -0.15) is 0 Å². The van der Waals surface area contributed by atoms with Crippen molar-refractivity contribution in [2.75, 3.05) is 6.54 Å². The zero-order chi connectivity index (χ0) is 14.4. The van der Waals surface area contributed by atoms with Gasteiger partial charge < -0.3 is 5.32 Å². The summed E-state index contributed by atoms with van der Waals surface area (Å²) in [6.45, 7) is 0.648. The first-order valence-corrected chi connectivity index (χ1v) is 8.00. The van der Waals surface area contributed by atoms with Crippen LogP contribution < -0.4 is 5.32 Å². The quantitative estimate of drug-likeness (QED) is 0.835. The molecule has 0 unspecified atom stereocenters. The lowest BCUT2D eigenvalue weighted by Gasteiger charge is -2.04. The van der Waals surface area contributed by atoms with Crippen molar-refractivity contribution in [2.24, 2.45) is 0 Å². The molecule has 0 radical (unpaired) electrons. The molecule has 2 aromatic rings. The van der Waals surface area contributed by atoms with Crippen LogP contribution in [-0.4, -0.2) is 12.5 Å². The lowest BCUT2D eigenvalue weighted by atomic mass is 10.1. The Hall–Kier alpha value is -1.20. The Morgan fingerprint density at radius 1 is 1.15 bits per heavy atom. The molecular weight excluding hydrogens is 341 g/mol. The van der Waals surface area contributed by atoms with Gasteiger partial charge in [0.25, 0.3) is 0 Å². The number of carbonyl (C=O) groups is 1. The first-order valence-electron chi connectivity index (χ1n) is 6.39. The fourth-order valence-corrected chi connectivity index (χ4v) is 3.29. The zero-order valence-corrected chi connectivity index (χ0v) is 13.3.